The summed E-state index contributed by atoms with van der Waals surface area (Å²) in [5.74, 6) is 1.49. The molecule has 23 heavy (non-hydrogen) atoms. The van der Waals surface area contributed by atoms with Crippen LogP contribution in [0.4, 0.5) is 0 Å². The number of rotatable bonds is 8. The second-order valence-corrected chi connectivity index (χ2v) is 5.70. The quantitative estimate of drug-likeness (QED) is 0.721. The van der Waals surface area contributed by atoms with Crippen LogP contribution in [0.5, 0.6) is 11.5 Å². The Hall–Kier alpha value is -2.24. The summed E-state index contributed by atoms with van der Waals surface area (Å²) < 4.78 is 10.6. The summed E-state index contributed by atoms with van der Waals surface area (Å²) in [6, 6.07) is 5.63. The number of unbranched alkanes of at least 4 members (excludes halogenated alkanes) is 2. The summed E-state index contributed by atoms with van der Waals surface area (Å²) in [6.45, 7) is 4.37. The number of amides is 2. The van der Waals surface area contributed by atoms with Crippen LogP contribution in [-0.2, 0) is 9.59 Å². The number of ether oxygens (including phenoxy) is 2. The van der Waals surface area contributed by atoms with E-state index in [-0.39, 0.29) is 24.6 Å². The Morgan fingerprint density at radius 2 is 1.96 bits per heavy atom. The van der Waals surface area contributed by atoms with E-state index in [0.29, 0.717) is 13.0 Å². The lowest BCUT2D eigenvalue weighted by atomic mass is 10.1. The van der Waals surface area contributed by atoms with Gasteiger partial charge >= 0.3 is 0 Å². The molecule has 6 heteroatoms. The molecule has 0 bridgehead atoms. The molecule has 0 fully saturated rings. The number of carbonyl (C=O) groups is 2. The molecule has 1 atom stereocenters. The predicted molar refractivity (Wildman–Crippen MR) is 86.3 cm³/mol. The van der Waals surface area contributed by atoms with Gasteiger partial charge < -0.3 is 20.1 Å². The monoisotopic (exact) mass is 320 g/mol. The second kappa shape index (κ2) is 8.41. The topological polar surface area (TPSA) is 76.7 Å². The second-order valence-electron chi connectivity index (χ2n) is 5.70. The van der Waals surface area contributed by atoms with Gasteiger partial charge in [-0.25, -0.2) is 0 Å². The van der Waals surface area contributed by atoms with Crippen molar-refractivity contribution < 1.29 is 19.1 Å². The highest BCUT2D eigenvalue weighted by Crippen LogP contribution is 2.34. The van der Waals surface area contributed by atoms with E-state index in [0.717, 1.165) is 36.3 Å². The first kappa shape index (κ1) is 17.1. The third kappa shape index (κ3) is 5.47. The molecule has 2 amide bonds. The number of nitrogens with one attached hydrogen (secondary N) is 2. The molecule has 0 saturated heterocycles. The lowest BCUT2D eigenvalue weighted by molar-refractivity contribution is -0.122. The van der Waals surface area contributed by atoms with Crippen molar-refractivity contribution >= 4 is 11.8 Å². The average Bonchev–Trinajstić information content (AvgIpc) is 2.97. The number of carbonyl (C=O) groups excluding carboxylic acids is 2. The fourth-order valence-electron chi connectivity index (χ4n) is 2.43. The number of benzene rings is 1. The van der Waals surface area contributed by atoms with E-state index >= 15 is 0 Å². The number of hydrogen-bond acceptors (Lipinski definition) is 4. The summed E-state index contributed by atoms with van der Waals surface area (Å²) in [4.78, 5) is 22.7. The molecule has 1 unspecified atom stereocenters. The van der Waals surface area contributed by atoms with Crippen molar-refractivity contribution in [2.24, 2.45) is 0 Å². The molecule has 1 aliphatic rings. The predicted octanol–water partition coefficient (Wildman–Crippen LogP) is 2.29. The van der Waals surface area contributed by atoms with Crippen molar-refractivity contribution in [3.63, 3.8) is 0 Å². The summed E-state index contributed by atoms with van der Waals surface area (Å²) in [5, 5.41) is 5.74. The molecule has 1 aliphatic heterocycles. The Labute approximate surface area is 136 Å². The highest BCUT2D eigenvalue weighted by atomic mass is 16.7. The van der Waals surface area contributed by atoms with Gasteiger partial charge in [-0.2, -0.15) is 0 Å². The lowest BCUT2D eigenvalue weighted by Crippen LogP contribution is -2.26. The Kier molecular flexibility index (Phi) is 6.26. The van der Waals surface area contributed by atoms with Crippen LogP contribution in [0.25, 0.3) is 0 Å². The standard InChI is InChI=1S/C17H24N2O4/c1-12(14-7-8-15-16(10-14)23-11-22-15)19-17(21)6-4-3-5-9-18-13(2)20/h7-8,10,12H,3-6,9,11H2,1-2H3,(H,18,20)(H,19,21). The zero-order valence-corrected chi connectivity index (χ0v) is 13.7. The highest BCUT2D eigenvalue weighted by molar-refractivity contribution is 5.76. The van der Waals surface area contributed by atoms with Crippen LogP contribution in [0.3, 0.4) is 0 Å². The molecule has 1 heterocycles. The van der Waals surface area contributed by atoms with E-state index in [1.807, 2.05) is 25.1 Å². The third-order valence-electron chi connectivity index (χ3n) is 3.73. The molecular formula is C17H24N2O4. The third-order valence-corrected chi connectivity index (χ3v) is 3.73. The lowest BCUT2D eigenvalue weighted by Gasteiger charge is -2.15. The van der Waals surface area contributed by atoms with Crippen LogP contribution in [0.2, 0.25) is 0 Å². The molecule has 1 aromatic carbocycles. The zero-order valence-electron chi connectivity index (χ0n) is 13.7. The molecule has 0 aromatic heterocycles. The maximum atomic E-state index is 12.0. The van der Waals surface area contributed by atoms with Gasteiger partial charge in [0.05, 0.1) is 6.04 Å². The summed E-state index contributed by atoms with van der Waals surface area (Å²) in [5.41, 5.74) is 0.994. The fraction of sp³-hybridized carbons (Fsp3) is 0.529. The van der Waals surface area contributed by atoms with E-state index in [9.17, 15) is 9.59 Å². The Bertz CT molecular complexity index is 560. The smallest absolute Gasteiger partial charge is 0.231 e. The first-order chi connectivity index (χ1) is 11.1. The van der Waals surface area contributed by atoms with Gasteiger partial charge in [0.1, 0.15) is 0 Å². The average molecular weight is 320 g/mol. The Balaban J connectivity index is 1.67. The first-order valence-corrected chi connectivity index (χ1v) is 7.99. The van der Waals surface area contributed by atoms with Crippen molar-refractivity contribution in [1.82, 2.24) is 10.6 Å². The Morgan fingerprint density at radius 3 is 2.74 bits per heavy atom. The van der Waals surface area contributed by atoms with Gasteiger partial charge in [-0.15, -0.1) is 0 Å². The van der Waals surface area contributed by atoms with Crippen LogP contribution in [-0.4, -0.2) is 25.2 Å². The van der Waals surface area contributed by atoms with Crippen LogP contribution in [0, 0.1) is 0 Å². The summed E-state index contributed by atoms with van der Waals surface area (Å²) in [7, 11) is 0. The van der Waals surface area contributed by atoms with Gasteiger partial charge in [-0.3, -0.25) is 9.59 Å². The maximum Gasteiger partial charge on any atom is 0.231 e. The largest absolute Gasteiger partial charge is 0.454 e. The molecule has 0 saturated carbocycles. The van der Waals surface area contributed by atoms with Crippen molar-refractivity contribution in [3.8, 4) is 11.5 Å². The van der Waals surface area contributed by atoms with E-state index in [1.54, 1.807) is 0 Å². The molecule has 0 spiro atoms. The molecular weight excluding hydrogens is 296 g/mol. The van der Waals surface area contributed by atoms with Crippen molar-refractivity contribution in [2.45, 2.75) is 45.6 Å². The van der Waals surface area contributed by atoms with E-state index in [1.165, 1.54) is 6.92 Å². The molecule has 2 rings (SSSR count). The van der Waals surface area contributed by atoms with Gasteiger partial charge in [0.2, 0.25) is 18.6 Å². The van der Waals surface area contributed by atoms with Crippen LogP contribution >= 0.6 is 0 Å². The van der Waals surface area contributed by atoms with Gasteiger partial charge in [0.15, 0.2) is 11.5 Å². The van der Waals surface area contributed by atoms with Gasteiger partial charge in [-0.05, 0) is 37.5 Å². The SMILES string of the molecule is CC(=O)NCCCCCC(=O)NC(C)c1ccc2c(c1)OCO2. The zero-order chi connectivity index (χ0) is 16.7. The van der Waals surface area contributed by atoms with Gasteiger partial charge in [-0.1, -0.05) is 12.5 Å². The summed E-state index contributed by atoms with van der Waals surface area (Å²) >= 11 is 0. The minimum absolute atomic E-state index is 0.0136. The fourth-order valence-corrected chi connectivity index (χ4v) is 2.43. The Morgan fingerprint density at radius 1 is 1.17 bits per heavy atom. The molecule has 2 N–H and O–H groups in total. The molecule has 1 aromatic rings. The van der Waals surface area contributed by atoms with E-state index < -0.39 is 0 Å². The molecule has 0 aliphatic carbocycles. The van der Waals surface area contributed by atoms with Gasteiger partial charge in [0.25, 0.3) is 0 Å². The van der Waals surface area contributed by atoms with Crippen molar-refractivity contribution in [3.05, 3.63) is 23.8 Å². The van der Waals surface area contributed by atoms with Crippen molar-refractivity contribution in [2.75, 3.05) is 13.3 Å². The molecule has 126 valence electrons. The molecule has 0 radical (unpaired) electrons. The maximum absolute atomic E-state index is 12.0. The minimum Gasteiger partial charge on any atom is -0.454 e. The van der Waals surface area contributed by atoms with Crippen LogP contribution in [0.1, 0.15) is 51.1 Å². The van der Waals surface area contributed by atoms with Crippen LogP contribution < -0.4 is 20.1 Å². The van der Waals surface area contributed by atoms with Gasteiger partial charge in [0, 0.05) is 19.9 Å². The summed E-state index contributed by atoms with van der Waals surface area (Å²) in [6.07, 6.45) is 3.13. The number of hydrogen-bond donors (Lipinski definition) is 2. The van der Waals surface area contributed by atoms with E-state index in [2.05, 4.69) is 10.6 Å². The van der Waals surface area contributed by atoms with E-state index in [4.69, 9.17) is 9.47 Å². The molecule has 6 nitrogen and oxygen atoms in total. The number of fused-ring (bicyclic) bond motifs is 1. The normalized spacial score (nSPS) is 13.5. The first-order valence-electron chi connectivity index (χ1n) is 7.99. The van der Waals surface area contributed by atoms with Crippen LogP contribution in [0.15, 0.2) is 18.2 Å². The highest BCUT2D eigenvalue weighted by Gasteiger charge is 2.16. The minimum atomic E-state index is -0.0728. The van der Waals surface area contributed by atoms with Crippen molar-refractivity contribution in [1.29, 1.82) is 0 Å².